The van der Waals surface area contributed by atoms with Crippen molar-refractivity contribution < 1.29 is 0 Å². The molecule has 26 heavy (non-hydrogen) atoms. The van der Waals surface area contributed by atoms with Crippen LogP contribution in [0.3, 0.4) is 0 Å². The van der Waals surface area contributed by atoms with Crippen LogP contribution in [-0.2, 0) is 0 Å². The number of aromatic nitrogens is 5. The van der Waals surface area contributed by atoms with Crippen molar-refractivity contribution in [3.8, 4) is 11.1 Å². The summed E-state index contributed by atoms with van der Waals surface area (Å²) in [7, 11) is 0. The molecule has 3 aromatic heterocycles. The van der Waals surface area contributed by atoms with Gasteiger partial charge in [-0.05, 0) is 23.8 Å². The Kier molecular flexibility index (Phi) is 2.72. The van der Waals surface area contributed by atoms with Gasteiger partial charge in [0.25, 0.3) is 0 Å². The zero-order chi connectivity index (χ0) is 17.1. The van der Waals surface area contributed by atoms with Crippen molar-refractivity contribution >= 4 is 39.5 Å². The highest BCUT2D eigenvalue weighted by molar-refractivity contribution is 7.00. The van der Waals surface area contributed by atoms with Crippen LogP contribution in [-0.4, -0.2) is 23.9 Å². The molecule has 4 heterocycles. The van der Waals surface area contributed by atoms with E-state index in [9.17, 15) is 0 Å². The molecule has 0 radical (unpaired) electrons. The fraction of sp³-hybridized carbons (Fsp3) is 0.0526. The highest BCUT2D eigenvalue weighted by Gasteiger charge is 2.26. The summed E-state index contributed by atoms with van der Waals surface area (Å²) in [5.74, 6) is 0. The Balaban J connectivity index is 1.67. The van der Waals surface area contributed by atoms with Crippen LogP contribution in [0.5, 0.6) is 0 Å². The van der Waals surface area contributed by atoms with Gasteiger partial charge in [-0.3, -0.25) is 0 Å². The zero-order valence-electron chi connectivity index (χ0n) is 13.5. The highest BCUT2D eigenvalue weighted by Crippen LogP contribution is 2.43. The standard InChI is InChI=1S/C19H12N6S/c1-2-4-14-11(3-1)12-9-21-23-19-17(12)13(8-20-19)18(22-14)10-5-6-15-16(7-10)25-26-24-15/h1-9,18,22H,(H,20,23). The molecular weight excluding hydrogens is 344 g/mol. The number of anilines is 1. The minimum Gasteiger partial charge on any atom is -0.374 e. The van der Waals surface area contributed by atoms with Crippen LogP contribution in [0.1, 0.15) is 17.2 Å². The molecule has 0 aliphatic carbocycles. The van der Waals surface area contributed by atoms with Gasteiger partial charge in [0.2, 0.25) is 0 Å². The van der Waals surface area contributed by atoms with Crippen LogP contribution >= 0.6 is 11.7 Å². The fourth-order valence-electron chi connectivity index (χ4n) is 3.75. The van der Waals surface area contributed by atoms with Gasteiger partial charge in [-0.15, -0.1) is 5.10 Å². The van der Waals surface area contributed by atoms with E-state index in [0.29, 0.717) is 0 Å². The van der Waals surface area contributed by atoms with Gasteiger partial charge in [-0.2, -0.15) is 13.8 Å². The Hall–Kier alpha value is -3.32. The van der Waals surface area contributed by atoms with Gasteiger partial charge in [-0.25, -0.2) is 0 Å². The third kappa shape index (κ3) is 1.86. The first kappa shape index (κ1) is 13.9. The Morgan fingerprint density at radius 1 is 0.962 bits per heavy atom. The number of hydrogen-bond acceptors (Lipinski definition) is 6. The molecule has 0 saturated carbocycles. The Labute approximate surface area is 152 Å². The molecule has 0 bridgehead atoms. The van der Waals surface area contributed by atoms with E-state index in [1.165, 1.54) is 11.7 Å². The lowest BCUT2D eigenvalue weighted by atomic mass is 9.97. The lowest BCUT2D eigenvalue weighted by molar-refractivity contribution is 0.955. The number of nitrogens with zero attached hydrogens (tertiary/aromatic N) is 4. The van der Waals surface area contributed by atoms with E-state index in [1.807, 2.05) is 30.6 Å². The van der Waals surface area contributed by atoms with Gasteiger partial charge in [0.15, 0.2) is 5.65 Å². The molecule has 7 heteroatoms. The predicted molar refractivity (Wildman–Crippen MR) is 102 cm³/mol. The molecule has 2 aromatic carbocycles. The highest BCUT2D eigenvalue weighted by atomic mass is 32.1. The molecule has 1 aliphatic heterocycles. The van der Waals surface area contributed by atoms with Crippen LogP contribution in [0.4, 0.5) is 5.69 Å². The van der Waals surface area contributed by atoms with Crippen LogP contribution in [0.2, 0.25) is 0 Å². The van der Waals surface area contributed by atoms with Crippen LogP contribution in [0.15, 0.2) is 54.9 Å². The molecule has 0 saturated heterocycles. The summed E-state index contributed by atoms with van der Waals surface area (Å²) in [4.78, 5) is 3.27. The fourth-order valence-corrected chi connectivity index (χ4v) is 4.27. The molecule has 0 spiro atoms. The average Bonchev–Trinajstić information content (AvgIpc) is 3.29. The second-order valence-corrected chi connectivity index (χ2v) is 6.89. The van der Waals surface area contributed by atoms with Gasteiger partial charge < -0.3 is 10.3 Å². The molecule has 0 amide bonds. The Bertz CT molecular complexity index is 1290. The lowest BCUT2D eigenvalue weighted by Gasteiger charge is -2.19. The first-order valence-electron chi connectivity index (χ1n) is 8.29. The summed E-state index contributed by atoms with van der Waals surface area (Å²) in [6, 6.07) is 14.6. The quantitative estimate of drug-likeness (QED) is 0.472. The molecule has 2 N–H and O–H groups in total. The number of hydrogen-bond donors (Lipinski definition) is 2. The average molecular weight is 356 g/mol. The second-order valence-electron chi connectivity index (χ2n) is 6.36. The summed E-state index contributed by atoms with van der Waals surface area (Å²) in [6.45, 7) is 0. The number of rotatable bonds is 1. The normalized spacial score (nSPS) is 15.6. The van der Waals surface area contributed by atoms with Crippen LogP contribution in [0, 0.1) is 0 Å². The predicted octanol–water partition coefficient (Wildman–Crippen LogP) is 4.14. The summed E-state index contributed by atoms with van der Waals surface area (Å²) in [5.41, 5.74) is 8.26. The maximum absolute atomic E-state index is 4.40. The number of benzene rings is 2. The van der Waals surface area contributed by atoms with Crippen molar-refractivity contribution in [3.63, 3.8) is 0 Å². The molecule has 6 rings (SSSR count). The molecule has 5 aromatic rings. The second kappa shape index (κ2) is 5.09. The summed E-state index contributed by atoms with van der Waals surface area (Å²) >= 11 is 1.24. The van der Waals surface area contributed by atoms with E-state index in [2.05, 4.69) is 53.5 Å². The number of aromatic amines is 1. The lowest BCUT2D eigenvalue weighted by Crippen LogP contribution is -2.11. The molecule has 1 aliphatic rings. The topological polar surface area (TPSA) is 79.4 Å². The van der Waals surface area contributed by atoms with Crippen molar-refractivity contribution in [1.29, 1.82) is 0 Å². The van der Waals surface area contributed by atoms with Gasteiger partial charge in [0, 0.05) is 34.0 Å². The van der Waals surface area contributed by atoms with Crippen molar-refractivity contribution in [2.24, 2.45) is 0 Å². The molecule has 1 unspecified atom stereocenters. The van der Waals surface area contributed by atoms with Gasteiger partial charge >= 0.3 is 0 Å². The maximum atomic E-state index is 4.40. The third-order valence-corrected chi connectivity index (χ3v) is 5.50. The van der Waals surface area contributed by atoms with E-state index >= 15 is 0 Å². The van der Waals surface area contributed by atoms with Gasteiger partial charge in [0.1, 0.15) is 11.0 Å². The van der Waals surface area contributed by atoms with Gasteiger partial charge in [-0.1, -0.05) is 24.3 Å². The third-order valence-electron chi connectivity index (χ3n) is 4.94. The van der Waals surface area contributed by atoms with Crippen LogP contribution < -0.4 is 5.32 Å². The first-order chi connectivity index (χ1) is 12.9. The van der Waals surface area contributed by atoms with Crippen molar-refractivity contribution in [2.75, 3.05) is 5.32 Å². The van der Waals surface area contributed by atoms with E-state index in [1.54, 1.807) is 0 Å². The Morgan fingerprint density at radius 2 is 1.88 bits per heavy atom. The minimum absolute atomic E-state index is 0.0125. The van der Waals surface area contributed by atoms with Gasteiger partial charge in [0.05, 0.1) is 24.0 Å². The van der Waals surface area contributed by atoms with E-state index in [-0.39, 0.29) is 6.04 Å². The number of para-hydroxylation sites is 1. The minimum atomic E-state index is -0.0125. The largest absolute Gasteiger partial charge is 0.374 e. The number of fused-ring (bicyclic) bond motifs is 3. The van der Waals surface area contributed by atoms with Crippen LogP contribution in [0.25, 0.3) is 33.2 Å². The SMILES string of the molecule is c1ccc2c(c1)NC(c1ccc3nsnc3c1)c1c[nH]c3nncc-2c13. The summed E-state index contributed by atoms with van der Waals surface area (Å²) in [6.07, 6.45) is 3.87. The van der Waals surface area contributed by atoms with E-state index in [0.717, 1.165) is 50.0 Å². The molecule has 6 nitrogen and oxygen atoms in total. The van der Waals surface area contributed by atoms with E-state index < -0.39 is 0 Å². The number of nitrogens with one attached hydrogen (secondary N) is 2. The molecule has 1 atom stereocenters. The zero-order valence-corrected chi connectivity index (χ0v) is 14.3. The number of H-pyrrole nitrogens is 1. The molecule has 0 fully saturated rings. The van der Waals surface area contributed by atoms with Crippen molar-refractivity contribution in [3.05, 3.63) is 66.0 Å². The molecular formula is C19H12N6S. The monoisotopic (exact) mass is 356 g/mol. The van der Waals surface area contributed by atoms with E-state index in [4.69, 9.17) is 0 Å². The molecule has 124 valence electrons. The van der Waals surface area contributed by atoms with Crippen molar-refractivity contribution in [2.45, 2.75) is 6.04 Å². The smallest absolute Gasteiger partial charge is 0.160 e. The summed E-state index contributed by atoms with van der Waals surface area (Å²) < 4.78 is 8.71. The first-order valence-corrected chi connectivity index (χ1v) is 9.02. The van der Waals surface area contributed by atoms with Crippen molar-refractivity contribution in [1.82, 2.24) is 23.9 Å². The summed E-state index contributed by atoms with van der Waals surface area (Å²) in [5, 5.41) is 13.3. The maximum Gasteiger partial charge on any atom is 0.160 e. The Morgan fingerprint density at radius 3 is 2.88 bits per heavy atom.